The first-order chi connectivity index (χ1) is 7.15. The number of benzene rings is 1. The fraction of sp³-hybridized carbons (Fsp3) is 0.500. The molecule has 0 saturated carbocycles. The van der Waals surface area contributed by atoms with Crippen LogP contribution in [-0.2, 0) is 0 Å². The van der Waals surface area contributed by atoms with E-state index < -0.39 is 0 Å². The van der Waals surface area contributed by atoms with Gasteiger partial charge < -0.3 is 10.8 Å². The summed E-state index contributed by atoms with van der Waals surface area (Å²) in [7, 11) is 0. The lowest BCUT2D eigenvalue weighted by atomic mass is 10.1. The van der Waals surface area contributed by atoms with E-state index in [4.69, 9.17) is 10.8 Å². The maximum Gasteiger partial charge on any atom is 0.0441 e. The van der Waals surface area contributed by atoms with Gasteiger partial charge in [0.05, 0.1) is 0 Å². The van der Waals surface area contributed by atoms with Crippen LogP contribution in [0, 0.1) is 0 Å². The van der Waals surface area contributed by atoms with Crippen molar-refractivity contribution >= 4 is 11.8 Å². The molecular formula is C12H19NOS. The molecule has 1 aromatic rings. The van der Waals surface area contributed by atoms with E-state index in [9.17, 15) is 0 Å². The molecule has 3 N–H and O–H groups in total. The van der Waals surface area contributed by atoms with Crippen LogP contribution in [0.25, 0.3) is 0 Å². The molecule has 0 amide bonds. The minimum atomic E-state index is 0.0648. The van der Waals surface area contributed by atoms with Crippen LogP contribution < -0.4 is 5.73 Å². The lowest BCUT2D eigenvalue weighted by Gasteiger charge is -2.15. The van der Waals surface area contributed by atoms with Gasteiger partial charge in [0, 0.05) is 22.8 Å². The zero-order valence-electron chi connectivity index (χ0n) is 9.31. The molecule has 3 heteroatoms. The molecule has 0 saturated heterocycles. The molecule has 0 fully saturated rings. The summed E-state index contributed by atoms with van der Waals surface area (Å²) in [4.78, 5) is 1.23. The van der Waals surface area contributed by atoms with E-state index in [2.05, 4.69) is 19.1 Å². The first kappa shape index (κ1) is 12.6. The van der Waals surface area contributed by atoms with Gasteiger partial charge in [-0.3, -0.25) is 0 Å². The van der Waals surface area contributed by atoms with E-state index in [0.29, 0.717) is 5.25 Å². The van der Waals surface area contributed by atoms with Gasteiger partial charge in [-0.2, -0.15) is 0 Å². The van der Waals surface area contributed by atoms with Crippen molar-refractivity contribution in [2.24, 2.45) is 5.73 Å². The Balaban J connectivity index is 2.75. The van der Waals surface area contributed by atoms with Crippen molar-refractivity contribution in [2.45, 2.75) is 36.5 Å². The summed E-state index contributed by atoms with van der Waals surface area (Å²) in [5, 5.41) is 9.28. The molecule has 0 spiro atoms. The summed E-state index contributed by atoms with van der Waals surface area (Å²) in [6, 6.07) is 8.27. The first-order valence-corrected chi connectivity index (χ1v) is 6.15. The number of aliphatic hydroxyl groups excluding tert-OH is 1. The van der Waals surface area contributed by atoms with Crippen LogP contribution in [0.1, 0.15) is 31.9 Å². The Morgan fingerprint density at radius 1 is 1.33 bits per heavy atom. The van der Waals surface area contributed by atoms with Crippen LogP contribution in [0.5, 0.6) is 0 Å². The van der Waals surface area contributed by atoms with Crippen molar-refractivity contribution in [1.82, 2.24) is 0 Å². The SMILES string of the molecule is CC(CCO)Sc1ccccc1[C@H](C)N. The second kappa shape index (κ2) is 6.16. The van der Waals surface area contributed by atoms with Gasteiger partial charge in [-0.1, -0.05) is 25.1 Å². The Bertz CT molecular complexity index is 301. The topological polar surface area (TPSA) is 46.2 Å². The molecule has 1 rings (SSSR count). The third-order valence-electron chi connectivity index (χ3n) is 2.27. The molecule has 0 aliphatic rings. The van der Waals surface area contributed by atoms with Gasteiger partial charge in [-0.05, 0) is 25.0 Å². The number of aliphatic hydroxyl groups is 1. The summed E-state index contributed by atoms with van der Waals surface area (Å²) >= 11 is 1.78. The van der Waals surface area contributed by atoms with Gasteiger partial charge in [0.1, 0.15) is 0 Å². The lowest BCUT2D eigenvalue weighted by molar-refractivity contribution is 0.289. The van der Waals surface area contributed by atoms with E-state index in [1.807, 2.05) is 19.1 Å². The van der Waals surface area contributed by atoms with Crippen LogP contribution in [0.2, 0.25) is 0 Å². The van der Waals surface area contributed by atoms with E-state index in [1.165, 1.54) is 10.5 Å². The summed E-state index contributed by atoms with van der Waals surface area (Å²) in [6.07, 6.45) is 0.817. The van der Waals surface area contributed by atoms with Gasteiger partial charge in [0.15, 0.2) is 0 Å². The second-order valence-electron chi connectivity index (χ2n) is 3.77. The van der Waals surface area contributed by atoms with E-state index in [-0.39, 0.29) is 12.6 Å². The fourth-order valence-corrected chi connectivity index (χ4v) is 2.63. The number of thioether (sulfide) groups is 1. The van der Waals surface area contributed by atoms with Crippen molar-refractivity contribution in [1.29, 1.82) is 0 Å². The maximum atomic E-state index is 8.86. The Morgan fingerprint density at radius 2 is 2.00 bits per heavy atom. The Hall–Kier alpha value is -0.510. The summed E-state index contributed by atoms with van der Waals surface area (Å²) in [6.45, 7) is 4.36. The van der Waals surface area contributed by atoms with E-state index in [0.717, 1.165) is 6.42 Å². The van der Waals surface area contributed by atoms with Gasteiger partial charge in [-0.15, -0.1) is 11.8 Å². The molecule has 0 aliphatic heterocycles. The molecule has 0 aromatic heterocycles. The average Bonchev–Trinajstić information content (AvgIpc) is 2.18. The standard InChI is InChI=1S/C12H19NOS/c1-9(7-8-14)15-12-6-4-3-5-11(12)10(2)13/h3-6,9-10,14H,7-8,13H2,1-2H3/t9?,10-/m0/s1. The summed E-state index contributed by atoms with van der Waals surface area (Å²) in [5.41, 5.74) is 7.09. The Labute approximate surface area is 95.9 Å². The molecule has 1 unspecified atom stereocenters. The van der Waals surface area contributed by atoms with Crippen LogP contribution in [-0.4, -0.2) is 17.0 Å². The van der Waals surface area contributed by atoms with Gasteiger partial charge in [-0.25, -0.2) is 0 Å². The first-order valence-electron chi connectivity index (χ1n) is 5.27. The molecule has 0 radical (unpaired) electrons. The molecule has 0 aliphatic carbocycles. The number of hydrogen-bond acceptors (Lipinski definition) is 3. The maximum absolute atomic E-state index is 8.86. The van der Waals surface area contributed by atoms with Gasteiger partial charge in [0.25, 0.3) is 0 Å². The van der Waals surface area contributed by atoms with Crippen LogP contribution in [0.4, 0.5) is 0 Å². The minimum absolute atomic E-state index is 0.0648. The van der Waals surface area contributed by atoms with Crippen LogP contribution >= 0.6 is 11.8 Å². The highest BCUT2D eigenvalue weighted by Gasteiger charge is 2.09. The fourth-order valence-electron chi connectivity index (χ4n) is 1.42. The third-order valence-corrected chi connectivity index (χ3v) is 3.54. The van der Waals surface area contributed by atoms with Crippen molar-refractivity contribution in [3.63, 3.8) is 0 Å². The molecule has 0 heterocycles. The van der Waals surface area contributed by atoms with E-state index in [1.54, 1.807) is 11.8 Å². The second-order valence-corrected chi connectivity index (χ2v) is 5.25. The van der Waals surface area contributed by atoms with Crippen molar-refractivity contribution in [3.05, 3.63) is 29.8 Å². The van der Waals surface area contributed by atoms with Gasteiger partial charge >= 0.3 is 0 Å². The molecule has 2 nitrogen and oxygen atoms in total. The highest BCUT2D eigenvalue weighted by molar-refractivity contribution is 8.00. The Morgan fingerprint density at radius 3 is 2.60 bits per heavy atom. The zero-order chi connectivity index (χ0) is 11.3. The lowest BCUT2D eigenvalue weighted by Crippen LogP contribution is -2.07. The average molecular weight is 225 g/mol. The minimum Gasteiger partial charge on any atom is -0.396 e. The molecule has 0 bridgehead atoms. The van der Waals surface area contributed by atoms with Crippen molar-refractivity contribution < 1.29 is 5.11 Å². The predicted octanol–water partition coefficient (Wildman–Crippen LogP) is 2.57. The molecular weight excluding hydrogens is 206 g/mol. The van der Waals surface area contributed by atoms with Gasteiger partial charge in [0.2, 0.25) is 0 Å². The molecule has 84 valence electrons. The normalized spacial score (nSPS) is 14.9. The number of hydrogen-bond donors (Lipinski definition) is 2. The molecule has 15 heavy (non-hydrogen) atoms. The Kier molecular flexibility index (Phi) is 5.15. The number of nitrogens with two attached hydrogens (primary N) is 1. The quantitative estimate of drug-likeness (QED) is 0.757. The molecule has 1 aromatic carbocycles. The molecule has 2 atom stereocenters. The highest BCUT2D eigenvalue weighted by Crippen LogP contribution is 2.30. The van der Waals surface area contributed by atoms with Crippen molar-refractivity contribution in [2.75, 3.05) is 6.61 Å². The monoisotopic (exact) mass is 225 g/mol. The zero-order valence-corrected chi connectivity index (χ0v) is 10.1. The van der Waals surface area contributed by atoms with E-state index >= 15 is 0 Å². The smallest absolute Gasteiger partial charge is 0.0441 e. The van der Waals surface area contributed by atoms with Crippen LogP contribution in [0.15, 0.2) is 29.2 Å². The predicted molar refractivity (Wildman–Crippen MR) is 66.1 cm³/mol. The summed E-state index contributed by atoms with van der Waals surface area (Å²) in [5.74, 6) is 0. The highest BCUT2D eigenvalue weighted by atomic mass is 32.2. The third kappa shape index (κ3) is 3.86. The van der Waals surface area contributed by atoms with Crippen LogP contribution in [0.3, 0.4) is 0 Å². The number of rotatable bonds is 5. The summed E-state index contributed by atoms with van der Waals surface area (Å²) < 4.78 is 0. The van der Waals surface area contributed by atoms with Crippen molar-refractivity contribution in [3.8, 4) is 0 Å². The largest absolute Gasteiger partial charge is 0.396 e.